The number of aldehydes is 1. The molecule has 0 unspecified atom stereocenters. The number of halogens is 6. The lowest BCUT2D eigenvalue weighted by Gasteiger charge is -2.32. The number of rotatable bonds is 11. The van der Waals surface area contributed by atoms with Gasteiger partial charge in [0.15, 0.2) is 11.9 Å². The van der Waals surface area contributed by atoms with Gasteiger partial charge in [-0.25, -0.2) is 31.8 Å². The van der Waals surface area contributed by atoms with Gasteiger partial charge in [-0.05, 0) is 123 Å². The number of hydrogen-bond donors (Lipinski definition) is 3. The van der Waals surface area contributed by atoms with Crippen LogP contribution >= 0.6 is 69.6 Å². The van der Waals surface area contributed by atoms with Crippen molar-refractivity contribution in [3.63, 3.8) is 0 Å². The van der Waals surface area contributed by atoms with Crippen LogP contribution in [0.5, 0.6) is 11.5 Å². The van der Waals surface area contributed by atoms with Crippen molar-refractivity contribution in [3.8, 4) is 22.9 Å². The molecule has 0 aliphatic carbocycles. The van der Waals surface area contributed by atoms with Crippen LogP contribution < -0.4 is 20.5 Å². The second-order valence-corrected chi connectivity index (χ2v) is 22.9. The van der Waals surface area contributed by atoms with Crippen LogP contribution in [0.2, 0.25) is 30.1 Å². The van der Waals surface area contributed by atoms with Crippen molar-refractivity contribution in [1.29, 1.82) is 0 Å². The van der Waals surface area contributed by atoms with Gasteiger partial charge < -0.3 is 30.2 Å². The Morgan fingerprint density at radius 2 is 1.20 bits per heavy atom. The number of nitrogen functional groups attached to an aromatic ring is 1. The van der Waals surface area contributed by atoms with E-state index in [-0.39, 0.29) is 31.9 Å². The predicted octanol–water partition coefficient (Wildman–Crippen LogP) is 11.6. The van der Waals surface area contributed by atoms with E-state index in [0.717, 1.165) is 23.7 Å². The van der Waals surface area contributed by atoms with Gasteiger partial charge in [-0.2, -0.15) is 8.61 Å². The fraction of sp³-hybridized carbons (Fsp3) is 0.260. The van der Waals surface area contributed by atoms with Crippen molar-refractivity contribution in [1.82, 2.24) is 28.1 Å². The summed E-state index contributed by atoms with van der Waals surface area (Å²) in [7, 11) is -4.32. The Morgan fingerprint density at radius 3 is 1.69 bits per heavy atom. The van der Waals surface area contributed by atoms with Crippen LogP contribution in [0.25, 0.3) is 22.6 Å². The number of carbonyl (C=O) groups is 2. The molecule has 2 aliphatic rings. The summed E-state index contributed by atoms with van der Waals surface area (Å²) in [4.78, 5) is 33.1. The molecule has 4 aromatic carbocycles. The molecule has 4 N–H and O–H groups in total. The van der Waals surface area contributed by atoms with E-state index >= 15 is 0 Å². The standard InChI is InChI=1S/C24H21Cl3N4O3S.C17H21ClN4O3S.C7H4Cl2O.C2H4O2/c1-34-22-7-5-17(14-20(22)27)35(32,33)30-11-8-16(9-12-30)31-23(18-6-4-15(25)13-19(18)26)29-21-3-2-10-28-24(21)31;1-25-16-5-4-13(11-14(16)18)26(23,24)22-9-6-12(7-10-22)21-17-15(19)3-2-8-20-17;8-6-2-1-5(4-10)7(9)3-6;1-2(3)4/h2-7,10,13-14,16H,8-9,11-12H2,1H3;2-5,8,11-12H,6-7,9-10,19H2,1H3,(H,20,21);1-4H;1H3,(H,3,4). The highest BCUT2D eigenvalue weighted by molar-refractivity contribution is 7.89. The first-order valence-corrected chi connectivity index (χ1v) is 27.9. The quantitative estimate of drug-likeness (QED) is 0.102. The first kappa shape index (κ1) is 58.8. The Balaban J connectivity index is 0.000000199. The lowest BCUT2D eigenvalue weighted by Crippen LogP contribution is -2.42. The number of aliphatic carboxylic acids is 1. The van der Waals surface area contributed by atoms with Gasteiger partial charge in [0.25, 0.3) is 5.97 Å². The van der Waals surface area contributed by atoms with Crippen molar-refractivity contribution in [2.45, 2.75) is 54.5 Å². The van der Waals surface area contributed by atoms with Crippen molar-refractivity contribution >= 4 is 125 Å². The monoisotopic (exact) mass is 1180 g/mol. The van der Waals surface area contributed by atoms with E-state index in [0.29, 0.717) is 113 Å². The third-order valence-electron chi connectivity index (χ3n) is 11.7. The highest BCUT2D eigenvalue weighted by Gasteiger charge is 2.33. The van der Waals surface area contributed by atoms with Gasteiger partial charge in [0.05, 0.1) is 49.8 Å². The Labute approximate surface area is 464 Å². The average molecular weight is 1180 g/mol. The van der Waals surface area contributed by atoms with Crippen LogP contribution in [0.4, 0.5) is 11.5 Å². The third kappa shape index (κ3) is 14.9. The Kier molecular flexibility index (Phi) is 20.8. The molecule has 0 bridgehead atoms. The molecule has 9 rings (SSSR count). The number of anilines is 2. The number of sulfonamides is 2. The van der Waals surface area contributed by atoms with E-state index in [2.05, 4.69) is 19.9 Å². The minimum atomic E-state index is -3.70. The predicted molar refractivity (Wildman–Crippen MR) is 295 cm³/mol. The zero-order valence-electron chi connectivity index (χ0n) is 40.3. The number of carboxylic acid groups (broad SMARTS) is 1. The molecule has 25 heteroatoms. The second-order valence-electron chi connectivity index (χ2n) is 16.6. The molecule has 75 heavy (non-hydrogen) atoms. The van der Waals surface area contributed by atoms with Gasteiger partial charge in [0.2, 0.25) is 20.0 Å². The number of hydrogen-bond acceptors (Lipinski definition) is 13. The number of fused-ring (bicyclic) bond motifs is 1. The molecule has 0 amide bonds. The Morgan fingerprint density at radius 1 is 0.693 bits per heavy atom. The number of carboxylic acids is 1. The maximum atomic E-state index is 13.3. The summed E-state index contributed by atoms with van der Waals surface area (Å²) in [6.07, 6.45) is 6.59. The average Bonchev–Trinajstić information content (AvgIpc) is 3.77. The molecular formula is C50H50Cl6N8O9S2. The van der Waals surface area contributed by atoms with Crippen LogP contribution in [0.15, 0.2) is 119 Å². The van der Waals surface area contributed by atoms with Crippen LogP contribution in [-0.2, 0) is 24.8 Å². The minimum absolute atomic E-state index is 0.0115. The summed E-state index contributed by atoms with van der Waals surface area (Å²) in [6, 6.07) is 26.4. The molecule has 2 aliphatic heterocycles. The molecule has 398 valence electrons. The summed E-state index contributed by atoms with van der Waals surface area (Å²) in [5, 5.41) is 13.2. The van der Waals surface area contributed by atoms with Crippen LogP contribution in [-0.4, -0.2) is 109 Å². The highest BCUT2D eigenvalue weighted by Crippen LogP contribution is 2.38. The number of nitrogens with two attached hydrogens (primary N) is 1. The van der Waals surface area contributed by atoms with Crippen LogP contribution in [0.3, 0.4) is 0 Å². The molecule has 0 atom stereocenters. The van der Waals surface area contributed by atoms with Gasteiger partial charge in [-0.15, -0.1) is 0 Å². The first-order valence-electron chi connectivity index (χ1n) is 22.7. The van der Waals surface area contributed by atoms with E-state index in [1.165, 1.54) is 53.2 Å². The van der Waals surface area contributed by atoms with Crippen molar-refractivity contribution in [2.24, 2.45) is 0 Å². The van der Waals surface area contributed by atoms with E-state index < -0.39 is 26.0 Å². The summed E-state index contributed by atoms with van der Waals surface area (Å²) >= 11 is 36.1. The number of nitrogens with one attached hydrogen (secondary N) is 1. The van der Waals surface area contributed by atoms with Crippen molar-refractivity contribution in [3.05, 3.63) is 145 Å². The van der Waals surface area contributed by atoms with Crippen LogP contribution in [0.1, 0.15) is 49.0 Å². The van der Waals surface area contributed by atoms with Crippen molar-refractivity contribution in [2.75, 3.05) is 51.4 Å². The molecule has 2 saturated heterocycles. The molecule has 2 fully saturated rings. The number of piperidine rings is 2. The number of ether oxygens (including phenoxy) is 2. The van der Waals surface area contributed by atoms with Gasteiger partial charge in [0.1, 0.15) is 28.7 Å². The van der Waals surface area contributed by atoms with E-state index in [9.17, 15) is 21.6 Å². The van der Waals surface area contributed by atoms with Gasteiger partial charge >= 0.3 is 0 Å². The third-order valence-corrected chi connectivity index (χ3v) is 17.1. The summed E-state index contributed by atoms with van der Waals surface area (Å²) in [5.41, 5.74) is 9.16. The molecular weight excluding hydrogens is 1130 g/mol. The molecule has 17 nitrogen and oxygen atoms in total. The lowest BCUT2D eigenvalue weighted by molar-refractivity contribution is -0.134. The number of carbonyl (C=O) groups excluding carboxylic acids is 1. The van der Waals surface area contributed by atoms with E-state index in [1.54, 1.807) is 60.9 Å². The Bertz CT molecular complexity index is 3370. The van der Waals surface area contributed by atoms with Crippen molar-refractivity contribution < 1.29 is 41.0 Å². The summed E-state index contributed by atoms with van der Waals surface area (Å²) < 4.78 is 67.5. The number of pyridine rings is 2. The minimum Gasteiger partial charge on any atom is -0.495 e. The summed E-state index contributed by atoms with van der Waals surface area (Å²) in [6.45, 7) is 2.60. The summed E-state index contributed by atoms with van der Waals surface area (Å²) in [5.74, 6) is 1.36. The van der Waals surface area contributed by atoms with Gasteiger partial charge in [-0.3, -0.25) is 9.59 Å². The number of methoxy groups -OCH3 is 2. The maximum absolute atomic E-state index is 13.3. The smallest absolute Gasteiger partial charge is 0.300 e. The lowest BCUT2D eigenvalue weighted by atomic mass is 10.1. The molecule has 5 heterocycles. The normalized spacial score (nSPS) is 14.5. The number of nitrogens with zero attached hydrogens (tertiary/aromatic N) is 6. The number of aromatic nitrogens is 4. The van der Waals surface area contributed by atoms with E-state index in [1.807, 2.05) is 18.2 Å². The molecule has 0 saturated carbocycles. The van der Waals surface area contributed by atoms with Gasteiger partial charge in [0, 0.05) is 78.8 Å². The zero-order chi connectivity index (χ0) is 54.6. The first-order chi connectivity index (χ1) is 35.7. The SMILES string of the molecule is CC(=O)O.COc1ccc(S(=O)(=O)N2CCC(Nc3ncccc3N)CC2)cc1Cl.COc1ccc(S(=O)(=O)N2CCC(n3c(-c4ccc(Cl)cc4Cl)nc4cccnc43)CC2)cc1Cl.O=Cc1ccc(Cl)cc1Cl. The highest BCUT2D eigenvalue weighted by atomic mass is 35.5. The number of benzene rings is 4. The molecule has 0 spiro atoms. The maximum Gasteiger partial charge on any atom is 0.300 e. The molecule has 3 aromatic heterocycles. The molecule has 0 radical (unpaired) electrons. The van der Waals surface area contributed by atoms with Gasteiger partial charge in [-0.1, -0.05) is 69.6 Å². The Hall–Kier alpha value is -5.45. The fourth-order valence-corrected chi connectivity index (χ4v) is 12.5. The molecule has 7 aromatic rings. The number of imidazole rings is 1. The fourth-order valence-electron chi connectivity index (χ4n) is 7.96. The second kappa shape index (κ2) is 26.5. The van der Waals surface area contributed by atoms with E-state index in [4.69, 9.17) is 99.7 Å². The van der Waals surface area contributed by atoms with Crippen LogP contribution in [0, 0.1) is 0 Å². The zero-order valence-corrected chi connectivity index (χ0v) is 46.5. The largest absolute Gasteiger partial charge is 0.495 e. The topological polar surface area (TPSA) is 229 Å².